The number of rotatable bonds is 5. The summed E-state index contributed by atoms with van der Waals surface area (Å²) in [5.41, 5.74) is 0.900. The summed E-state index contributed by atoms with van der Waals surface area (Å²) in [6.07, 6.45) is 0.404. The van der Waals surface area contributed by atoms with Crippen molar-refractivity contribution in [2.45, 2.75) is 19.4 Å². The zero-order valence-electron chi connectivity index (χ0n) is 14.5. The second kappa shape index (κ2) is 8.33. The van der Waals surface area contributed by atoms with E-state index >= 15 is 0 Å². The summed E-state index contributed by atoms with van der Waals surface area (Å²) in [6, 6.07) is 9.58. The minimum absolute atomic E-state index is 0.0371. The maximum atomic E-state index is 12.2. The lowest BCUT2D eigenvalue weighted by Gasteiger charge is -2.19. The van der Waals surface area contributed by atoms with E-state index < -0.39 is 0 Å². The van der Waals surface area contributed by atoms with Crippen molar-refractivity contribution in [1.29, 1.82) is 0 Å². The summed E-state index contributed by atoms with van der Waals surface area (Å²) < 4.78 is 0. The van der Waals surface area contributed by atoms with Gasteiger partial charge in [-0.2, -0.15) is 0 Å². The number of nitrogens with one attached hydrogen (secondary N) is 2. The van der Waals surface area contributed by atoms with Gasteiger partial charge in [-0.15, -0.1) is 0 Å². The Morgan fingerprint density at radius 2 is 2.04 bits per heavy atom. The van der Waals surface area contributed by atoms with E-state index in [2.05, 4.69) is 15.6 Å². The molecule has 2 amide bonds. The van der Waals surface area contributed by atoms with Gasteiger partial charge in [0.25, 0.3) is 0 Å². The molecule has 1 unspecified atom stereocenters. The van der Waals surface area contributed by atoms with Crippen LogP contribution >= 0.6 is 0 Å². The molecule has 0 saturated carbocycles. The quantitative estimate of drug-likeness (QED) is 0.606. The SMILES string of the molecule is CCNC(=NCC(=O)N(C)C)NC1CC(=O)N(c2ccccc2)C1. The summed E-state index contributed by atoms with van der Waals surface area (Å²) in [5, 5.41) is 6.36. The number of amides is 2. The lowest BCUT2D eigenvalue weighted by atomic mass is 10.2. The molecular formula is C17H25N5O2. The fourth-order valence-corrected chi connectivity index (χ4v) is 2.46. The van der Waals surface area contributed by atoms with E-state index in [1.807, 2.05) is 37.3 Å². The standard InChI is InChI=1S/C17H25N5O2/c1-4-18-17(19-11-16(24)21(2)3)20-13-10-15(23)22(12-13)14-8-6-5-7-9-14/h5-9,13H,4,10-12H2,1-3H3,(H2,18,19,20). The molecule has 1 atom stereocenters. The van der Waals surface area contributed by atoms with Gasteiger partial charge in [-0.1, -0.05) is 18.2 Å². The van der Waals surface area contributed by atoms with Crippen molar-refractivity contribution in [2.75, 3.05) is 38.6 Å². The first kappa shape index (κ1) is 17.8. The van der Waals surface area contributed by atoms with Gasteiger partial charge < -0.3 is 20.4 Å². The number of nitrogens with zero attached hydrogens (tertiary/aromatic N) is 3. The van der Waals surface area contributed by atoms with Gasteiger partial charge in [-0.05, 0) is 19.1 Å². The maximum absolute atomic E-state index is 12.2. The number of hydrogen-bond donors (Lipinski definition) is 2. The predicted octanol–water partition coefficient (Wildman–Crippen LogP) is 0.435. The molecule has 1 aliphatic rings. The first-order valence-electron chi connectivity index (χ1n) is 8.11. The molecule has 0 radical (unpaired) electrons. The Labute approximate surface area is 142 Å². The minimum atomic E-state index is -0.0689. The largest absolute Gasteiger partial charge is 0.357 e. The second-order valence-corrected chi connectivity index (χ2v) is 5.87. The molecule has 0 aromatic heterocycles. The molecule has 0 bridgehead atoms. The van der Waals surface area contributed by atoms with Crippen molar-refractivity contribution in [1.82, 2.24) is 15.5 Å². The monoisotopic (exact) mass is 331 g/mol. The van der Waals surface area contributed by atoms with Crippen LogP contribution in [0.3, 0.4) is 0 Å². The minimum Gasteiger partial charge on any atom is -0.357 e. The highest BCUT2D eigenvalue weighted by Crippen LogP contribution is 2.20. The number of anilines is 1. The highest BCUT2D eigenvalue weighted by molar-refractivity contribution is 5.97. The van der Waals surface area contributed by atoms with Crippen LogP contribution in [0.2, 0.25) is 0 Å². The summed E-state index contributed by atoms with van der Waals surface area (Å²) in [5.74, 6) is 0.569. The Hall–Kier alpha value is -2.57. The third-order valence-corrected chi connectivity index (χ3v) is 3.75. The number of carbonyl (C=O) groups is 2. The van der Waals surface area contributed by atoms with Crippen molar-refractivity contribution >= 4 is 23.5 Å². The lowest BCUT2D eigenvalue weighted by molar-refractivity contribution is -0.127. The zero-order chi connectivity index (χ0) is 17.5. The number of benzene rings is 1. The van der Waals surface area contributed by atoms with Crippen LogP contribution in [0, 0.1) is 0 Å². The van der Waals surface area contributed by atoms with Gasteiger partial charge in [0.2, 0.25) is 11.8 Å². The first-order chi connectivity index (χ1) is 11.5. The van der Waals surface area contributed by atoms with Crippen LogP contribution in [0.5, 0.6) is 0 Å². The molecule has 130 valence electrons. The molecule has 1 heterocycles. The number of hydrogen-bond acceptors (Lipinski definition) is 3. The van der Waals surface area contributed by atoms with Crippen LogP contribution in [-0.2, 0) is 9.59 Å². The van der Waals surface area contributed by atoms with Crippen LogP contribution in [0.15, 0.2) is 35.3 Å². The Morgan fingerprint density at radius 1 is 1.33 bits per heavy atom. The molecule has 2 N–H and O–H groups in total. The molecular weight excluding hydrogens is 306 g/mol. The summed E-state index contributed by atoms with van der Waals surface area (Å²) in [7, 11) is 3.40. The average molecular weight is 331 g/mol. The van der Waals surface area contributed by atoms with E-state index in [1.54, 1.807) is 19.0 Å². The van der Waals surface area contributed by atoms with E-state index in [9.17, 15) is 9.59 Å². The molecule has 7 heteroatoms. The van der Waals surface area contributed by atoms with E-state index in [0.29, 0.717) is 25.5 Å². The highest BCUT2D eigenvalue weighted by atomic mass is 16.2. The van der Waals surface area contributed by atoms with Crippen LogP contribution in [0.4, 0.5) is 5.69 Å². The van der Waals surface area contributed by atoms with Gasteiger partial charge in [-0.25, -0.2) is 4.99 Å². The van der Waals surface area contributed by atoms with Crippen LogP contribution in [-0.4, -0.2) is 62.4 Å². The summed E-state index contributed by atoms with van der Waals surface area (Å²) in [4.78, 5) is 31.5. The van der Waals surface area contributed by atoms with Crippen molar-refractivity contribution in [3.63, 3.8) is 0 Å². The molecule has 24 heavy (non-hydrogen) atoms. The maximum Gasteiger partial charge on any atom is 0.243 e. The number of guanidine groups is 1. The fourth-order valence-electron chi connectivity index (χ4n) is 2.46. The third-order valence-electron chi connectivity index (χ3n) is 3.75. The molecule has 0 aliphatic carbocycles. The molecule has 1 saturated heterocycles. The van der Waals surface area contributed by atoms with Crippen molar-refractivity contribution in [3.8, 4) is 0 Å². The molecule has 7 nitrogen and oxygen atoms in total. The van der Waals surface area contributed by atoms with E-state index in [0.717, 1.165) is 5.69 Å². The number of likely N-dealkylation sites (N-methyl/N-ethyl adjacent to an activating group) is 1. The van der Waals surface area contributed by atoms with Crippen LogP contribution < -0.4 is 15.5 Å². The van der Waals surface area contributed by atoms with E-state index in [1.165, 1.54) is 4.90 Å². The highest BCUT2D eigenvalue weighted by Gasteiger charge is 2.31. The third kappa shape index (κ3) is 4.71. The van der Waals surface area contributed by atoms with Crippen LogP contribution in [0.25, 0.3) is 0 Å². The fraction of sp³-hybridized carbons (Fsp3) is 0.471. The average Bonchev–Trinajstić information content (AvgIpc) is 2.93. The van der Waals surface area contributed by atoms with Gasteiger partial charge in [0.05, 0.1) is 6.04 Å². The van der Waals surface area contributed by atoms with Gasteiger partial charge in [-0.3, -0.25) is 9.59 Å². The molecule has 2 rings (SSSR count). The van der Waals surface area contributed by atoms with Crippen LogP contribution in [0.1, 0.15) is 13.3 Å². The second-order valence-electron chi connectivity index (χ2n) is 5.87. The van der Waals surface area contributed by atoms with Gasteiger partial charge in [0.1, 0.15) is 6.54 Å². The predicted molar refractivity (Wildman–Crippen MR) is 95.0 cm³/mol. The first-order valence-corrected chi connectivity index (χ1v) is 8.11. The smallest absolute Gasteiger partial charge is 0.243 e. The molecule has 1 aromatic rings. The molecule has 1 aliphatic heterocycles. The van der Waals surface area contributed by atoms with Crippen molar-refractivity contribution < 1.29 is 9.59 Å². The number of carbonyl (C=O) groups excluding carboxylic acids is 2. The molecule has 0 spiro atoms. The van der Waals surface area contributed by atoms with E-state index in [-0.39, 0.29) is 24.4 Å². The summed E-state index contributed by atoms with van der Waals surface area (Å²) >= 11 is 0. The van der Waals surface area contributed by atoms with Gasteiger partial charge >= 0.3 is 0 Å². The van der Waals surface area contributed by atoms with Gasteiger partial charge in [0.15, 0.2) is 5.96 Å². The number of aliphatic imine (C=N–C) groups is 1. The van der Waals surface area contributed by atoms with E-state index in [4.69, 9.17) is 0 Å². The Balaban J connectivity index is 1.99. The van der Waals surface area contributed by atoms with Crippen molar-refractivity contribution in [2.24, 2.45) is 4.99 Å². The molecule has 1 fully saturated rings. The topological polar surface area (TPSA) is 77.0 Å². The van der Waals surface area contributed by atoms with Gasteiger partial charge in [0, 0.05) is 39.3 Å². The lowest BCUT2D eigenvalue weighted by Crippen LogP contribution is -2.45. The zero-order valence-corrected chi connectivity index (χ0v) is 14.5. The Kier molecular flexibility index (Phi) is 6.17. The normalized spacial score (nSPS) is 17.8. The summed E-state index contributed by atoms with van der Waals surface area (Å²) in [6.45, 7) is 3.30. The Bertz CT molecular complexity index is 600. The molecule has 1 aromatic carbocycles. The Morgan fingerprint density at radius 3 is 2.67 bits per heavy atom. The number of para-hydroxylation sites is 1. The van der Waals surface area contributed by atoms with Crippen molar-refractivity contribution in [3.05, 3.63) is 30.3 Å².